The van der Waals surface area contributed by atoms with Crippen molar-refractivity contribution in [2.45, 2.75) is 26.3 Å². The number of rotatable bonds is 7. The molecule has 176 valence electrons. The van der Waals surface area contributed by atoms with Crippen LogP contribution in [0.15, 0.2) is 97.3 Å². The predicted octanol–water partition coefficient (Wildman–Crippen LogP) is 6.01. The van der Waals surface area contributed by atoms with Crippen LogP contribution in [0.25, 0.3) is 10.8 Å². The van der Waals surface area contributed by atoms with Crippen molar-refractivity contribution in [1.82, 2.24) is 10.3 Å². The molecule has 1 heterocycles. The molecule has 2 N–H and O–H groups in total. The zero-order valence-electron chi connectivity index (χ0n) is 19.9. The molecule has 0 spiro atoms. The summed E-state index contributed by atoms with van der Waals surface area (Å²) in [6.07, 6.45) is 4.08. The predicted molar refractivity (Wildman–Crippen MR) is 139 cm³/mol. The first-order valence-electron chi connectivity index (χ1n) is 12.0. The Morgan fingerprint density at radius 2 is 1.69 bits per heavy atom. The van der Waals surface area contributed by atoms with Crippen molar-refractivity contribution in [2.75, 3.05) is 5.32 Å². The minimum atomic E-state index is -0.237. The van der Waals surface area contributed by atoms with E-state index in [1.807, 2.05) is 73.7 Å². The number of benzene rings is 3. The van der Waals surface area contributed by atoms with Gasteiger partial charge < -0.3 is 10.6 Å². The summed E-state index contributed by atoms with van der Waals surface area (Å²) in [5, 5.41) is 8.57. The third-order valence-corrected chi connectivity index (χ3v) is 7.37. The Hall–Kier alpha value is -3.99. The van der Waals surface area contributed by atoms with Crippen LogP contribution in [0.4, 0.5) is 5.69 Å². The van der Waals surface area contributed by atoms with Gasteiger partial charge in [0.05, 0.1) is 11.6 Å². The molecule has 1 aliphatic carbocycles. The van der Waals surface area contributed by atoms with Gasteiger partial charge in [0.1, 0.15) is 0 Å². The van der Waals surface area contributed by atoms with Crippen LogP contribution in [0.3, 0.4) is 0 Å². The van der Waals surface area contributed by atoms with Crippen molar-refractivity contribution < 1.29 is 9.59 Å². The Bertz CT molecular complexity index is 1360. The van der Waals surface area contributed by atoms with Gasteiger partial charge in [0.15, 0.2) is 0 Å². The van der Waals surface area contributed by atoms with Crippen LogP contribution in [-0.2, 0) is 4.79 Å². The van der Waals surface area contributed by atoms with Gasteiger partial charge in [-0.3, -0.25) is 14.6 Å². The zero-order chi connectivity index (χ0) is 24.4. The Balaban J connectivity index is 1.33. The Morgan fingerprint density at radius 3 is 2.43 bits per heavy atom. The number of anilines is 1. The van der Waals surface area contributed by atoms with Crippen molar-refractivity contribution >= 4 is 28.3 Å². The number of nitrogens with one attached hydrogen (secondary N) is 2. The number of carbonyl (C=O) groups is 2. The lowest BCUT2D eigenvalue weighted by Gasteiger charge is -2.28. The molecule has 1 aromatic heterocycles. The molecule has 1 fully saturated rings. The second-order valence-electron chi connectivity index (χ2n) is 9.72. The lowest BCUT2D eigenvalue weighted by Crippen LogP contribution is -2.35. The Labute approximate surface area is 205 Å². The standard InChI is InChI=1S/C30H29N3O2/c1-20(28(34)32-25-15-14-21-9-6-7-12-23(21)17-25)26-18-30(26,2)27(22-10-4-3-5-11-22)33-29(35)24-13-8-16-31-19-24/h3-17,19-20,26-27H,18H2,1-2H3,(H,32,34)(H,33,35)/t20-,26-,27-,30+/m1/s1. The number of aromatic nitrogens is 1. The highest BCUT2D eigenvalue weighted by Crippen LogP contribution is 2.63. The maximum absolute atomic E-state index is 13.2. The van der Waals surface area contributed by atoms with Crippen molar-refractivity contribution in [3.8, 4) is 0 Å². The number of pyridine rings is 1. The summed E-state index contributed by atoms with van der Waals surface area (Å²) in [5.41, 5.74) is 2.12. The quantitative estimate of drug-likeness (QED) is 0.353. The van der Waals surface area contributed by atoms with Crippen LogP contribution < -0.4 is 10.6 Å². The van der Waals surface area contributed by atoms with Crippen LogP contribution in [0.2, 0.25) is 0 Å². The van der Waals surface area contributed by atoms with Crippen LogP contribution >= 0.6 is 0 Å². The van der Waals surface area contributed by atoms with Crippen molar-refractivity contribution in [2.24, 2.45) is 17.3 Å². The van der Waals surface area contributed by atoms with Crippen molar-refractivity contribution in [3.63, 3.8) is 0 Å². The maximum atomic E-state index is 13.2. The van der Waals surface area contributed by atoms with E-state index >= 15 is 0 Å². The third-order valence-electron chi connectivity index (χ3n) is 7.37. The molecule has 5 nitrogen and oxygen atoms in total. The summed E-state index contributed by atoms with van der Waals surface area (Å²) >= 11 is 0. The average molecular weight is 464 g/mol. The Morgan fingerprint density at radius 1 is 0.943 bits per heavy atom. The van der Waals surface area contributed by atoms with Gasteiger partial charge >= 0.3 is 0 Å². The molecule has 2 amide bonds. The fourth-order valence-corrected chi connectivity index (χ4v) is 5.19. The van der Waals surface area contributed by atoms with Crippen LogP contribution in [0, 0.1) is 17.3 Å². The van der Waals surface area contributed by atoms with Gasteiger partial charge in [0.25, 0.3) is 5.91 Å². The third kappa shape index (κ3) is 4.67. The molecule has 35 heavy (non-hydrogen) atoms. The average Bonchev–Trinajstić information content (AvgIpc) is 3.59. The molecule has 1 saturated carbocycles. The highest BCUT2D eigenvalue weighted by Gasteiger charge is 2.59. The molecular weight excluding hydrogens is 434 g/mol. The smallest absolute Gasteiger partial charge is 0.253 e. The topological polar surface area (TPSA) is 71.1 Å². The fraction of sp³-hybridized carbons (Fsp3) is 0.233. The molecule has 5 heteroatoms. The second kappa shape index (κ2) is 9.34. The molecule has 5 rings (SSSR count). The van der Waals surface area contributed by atoms with E-state index in [1.54, 1.807) is 24.5 Å². The van der Waals surface area contributed by atoms with Crippen molar-refractivity contribution in [3.05, 3.63) is 108 Å². The van der Waals surface area contributed by atoms with Crippen LogP contribution in [0.1, 0.15) is 42.2 Å². The van der Waals surface area contributed by atoms with Gasteiger partial charge in [0.2, 0.25) is 5.91 Å². The van der Waals surface area contributed by atoms with Gasteiger partial charge in [-0.25, -0.2) is 0 Å². The summed E-state index contributed by atoms with van der Waals surface area (Å²) < 4.78 is 0. The molecule has 0 aliphatic heterocycles. The number of carbonyl (C=O) groups excluding carboxylic acids is 2. The van der Waals surface area contributed by atoms with E-state index < -0.39 is 0 Å². The van der Waals surface area contributed by atoms with E-state index in [9.17, 15) is 9.59 Å². The SMILES string of the molecule is C[C@@H](C(=O)Nc1ccc2ccccc2c1)[C@H]1C[C@]1(C)[C@H](NC(=O)c1cccnc1)c1ccccc1. The number of amides is 2. The second-order valence-corrected chi connectivity index (χ2v) is 9.72. The fourth-order valence-electron chi connectivity index (χ4n) is 5.19. The maximum Gasteiger partial charge on any atom is 0.253 e. The minimum absolute atomic E-state index is 0.000552. The van der Waals surface area contributed by atoms with E-state index in [1.165, 1.54) is 0 Å². The summed E-state index contributed by atoms with van der Waals surface area (Å²) in [7, 11) is 0. The van der Waals surface area contributed by atoms with Gasteiger partial charge in [-0.1, -0.05) is 74.5 Å². The van der Waals surface area contributed by atoms with Gasteiger partial charge in [0, 0.05) is 24.0 Å². The molecular formula is C30H29N3O2. The lowest BCUT2D eigenvalue weighted by atomic mass is 9.86. The van der Waals surface area contributed by atoms with Gasteiger partial charge in [-0.2, -0.15) is 0 Å². The summed E-state index contributed by atoms with van der Waals surface area (Å²) in [6.45, 7) is 4.15. The van der Waals surface area contributed by atoms with E-state index in [4.69, 9.17) is 0 Å². The van der Waals surface area contributed by atoms with Gasteiger partial charge in [-0.05, 0) is 58.4 Å². The Kier molecular flexibility index (Phi) is 6.08. The minimum Gasteiger partial charge on any atom is -0.345 e. The number of hydrogen-bond acceptors (Lipinski definition) is 3. The highest BCUT2D eigenvalue weighted by atomic mass is 16.2. The monoisotopic (exact) mass is 463 g/mol. The van der Waals surface area contributed by atoms with E-state index in [-0.39, 0.29) is 35.1 Å². The molecule has 1 aliphatic rings. The molecule has 0 saturated heterocycles. The first-order chi connectivity index (χ1) is 17.0. The van der Waals surface area contributed by atoms with E-state index in [2.05, 4.69) is 28.6 Å². The van der Waals surface area contributed by atoms with Gasteiger partial charge in [-0.15, -0.1) is 0 Å². The molecule has 4 atom stereocenters. The largest absolute Gasteiger partial charge is 0.345 e. The molecule has 3 aromatic carbocycles. The molecule has 0 unspecified atom stereocenters. The first-order valence-corrected chi connectivity index (χ1v) is 12.0. The lowest BCUT2D eigenvalue weighted by molar-refractivity contribution is -0.120. The van der Waals surface area contributed by atoms with Crippen LogP contribution in [-0.4, -0.2) is 16.8 Å². The van der Waals surface area contributed by atoms with E-state index in [0.717, 1.165) is 28.4 Å². The summed E-state index contributed by atoms with van der Waals surface area (Å²) in [4.78, 5) is 30.3. The first kappa shape index (κ1) is 22.8. The zero-order valence-corrected chi connectivity index (χ0v) is 19.9. The molecule has 0 radical (unpaired) electrons. The van der Waals surface area contributed by atoms with Crippen LogP contribution in [0.5, 0.6) is 0 Å². The molecule has 0 bridgehead atoms. The van der Waals surface area contributed by atoms with E-state index in [0.29, 0.717) is 5.56 Å². The summed E-state index contributed by atoms with van der Waals surface area (Å²) in [6, 6.07) is 27.4. The number of nitrogens with zero attached hydrogens (tertiary/aromatic N) is 1. The normalized spacial score (nSPS) is 20.6. The summed E-state index contributed by atoms with van der Waals surface area (Å²) in [5.74, 6) is -0.221. The highest BCUT2D eigenvalue weighted by molar-refractivity contribution is 5.96. The molecule has 4 aromatic rings. The van der Waals surface area contributed by atoms with Crippen molar-refractivity contribution in [1.29, 1.82) is 0 Å². The number of hydrogen-bond donors (Lipinski definition) is 2. The number of fused-ring (bicyclic) bond motifs is 1.